The summed E-state index contributed by atoms with van der Waals surface area (Å²) in [6.45, 7) is 0. The molecule has 0 amide bonds. The molecule has 2 rings (SSSR count). The fraction of sp³-hybridized carbons (Fsp3) is 1.00. The lowest BCUT2D eigenvalue weighted by molar-refractivity contribution is -0.246. The highest BCUT2D eigenvalue weighted by molar-refractivity contribution is 7.87. The zero-order chi connectivity index (χ0) is 16.4. The number of halogens is 6. The predicted molar refractivity (Wildman–Crippen MR) is 51.8 cm³/mol. The van der Waals surface area contributed by atoms with Crippen molar-refractivity contribution in [3.63, 3.8) is 0 Å². The van der Waals surface area contributed by atoms with E-state index in [1.165, 1.54) is 0 Å². The molecule has 0 aliphatic carbocycles. The average molecular weight is 364 g/mol. The normalized spacial score (nSPS) is 52.7. The van der Waals surface area contributed by atoms with Gasteiger partial charge in [0.1, 0.15) is 0 Å². The van der Waals surface area contributed by atoms with Crippen LogP contribution in [0.2, 0.25) is 0 Å². The molecule has 2 aliphatic heterocycles. The summed E-state index contributed by atoms with van der Waals surface area (Å²) in [7, 11) is -11.0. The van der Waals surface area contributed by atoms with E-state index in [0.717, 1.165) is 0 Å². The van der Waals surface area contributed by atoms with Gasteiger partial charge in [0, 0.05) is 0 Å². The zero-order valence-electron chi connectivity index (χ0n) is 9.50. The average Bonchev–Trinajstić information content (AvgIpc) is 2.33. The molecule has 21 heavy (non-hydrogen) atoms. The summed E-state index contributed by atoms with van der Waals surface area (Å²) in [6.07, 6.45) is -15.1. The summed E-state index contributed by atoms with van der Waals surface area (Å²) in [6, 6.07) is 0. The number of alkyl halides is 6. The summed E-state index contributed by atoms with van der Waals surface area (Å²) in [5, 5.41) is 0. The molecular weight excluding hydrogens is 358 g/mol. The summed E-state index contributed by atoms with van der Waals surface area (Å²) >= 11 is 0. The van der Waals surface area contributed by atoms with Gasteiger partial charge in [0.15, 0.2) is 17.8 Å². The molecule has 14 heteroatoms. The van der Waals surface area contributed by atoms with Crippen molar-refractivity contribution in [1.29, 1.82) is 0 Å². The monoisotopic (exact) mass is 364 g/mol. The third-order valence-corrected chi connectivity index (χ3v) is 5.65. The number of hydrogen-bond acceptors (Lipinski definition) is 6. The molecule has 0 aromatic carbocycles. The molecule has 0 radical (unpaired) electrons. The fourth-order valence-corrected chi connectivity index (χ4v) is 4.08. The Balaban J connectivity index is 2.59. The topological polar surface area (TPSA) is 86.7 Å². The minimum atomic E-state index is -5.51. The maximum Gasteiger partial charge on any atom is 0.305 e. The molecular formula is C7H6F6O6S2. The molecule has 2 saturated heterocycles. The quantitative estimate of drug-likeness (QED) is 0.461. The summed E-state index contributed by atoms with van der Waals surface area (Å²) in [5.41, 5.74) is -11.6. The lowest BCUT2D eigenvalue weighted by atomic mass is 9.78. The Bertz CT molecular complexity index is 580. The lowest BCUT2D eigenvalue weighted by Crippen LogP contribution is -2.69. The van der Waals surface area contributed by atoms with Crippen LogP contribution < -0.4 is 0 Å². The van der Waals surface area contributed by atoms with Crippen LogP contribution in [-0.4, -0.2) is 52.9 Å². The minimum absolute atomic E-state index is 3.38. The van der Waals surface area contributed by atoms with Crippen molar-refractivity contribution >= 4 is 20.2 Å². The van der Waals surface area contributed by atoms with Gasteiger partial charge >= 0.3 is 20.2 Å². The Morgan fingerprint density at radius 1 is 0.667 bits per heavy atom. The number of hydrogen-bond donors (Lipinski definition) is 0. The molecule has 2 aliphatic rings. The van der Waals surface area contributed by atoms with Crippen LogP contribution in [0.1, 0.15) is 0 Å². The minimum Gasteiger partial charge on any atom is -0.242 e. The van der Waals surface area contributed by atoms with Gasteiger partial charge in [0.05, 0.1) is 0 Å². The van der Waals surface area contributed by atoms with Crippen LogP contribution in [-0.2, 0) is 28.6 Å². The van der Waals surface area contributed by atoms with Gasteiger partial charge in [-0.3, -0.25) is 0 Å². The van der Waals surface area contributed by atoms with Crippen molar-refractivity contribution in [2.24, 2.45) is 5.41 Å². The van der Waals surface area contributed by atoms with Crippen LogP contribution in [0.3, 0.4) is 0 Å². The highest BCUT2D eigenvalue weighted by Gasteiger charge is 2.75. The van der Waals surface area contributed by atoms with E-state index < -0.39 is 61.7 Å². The van der Waals surface area contributed by atoms with Gasteiger partial charge in [-0.25, -0.2) is 34.7 Å². The predicted octanol–water partition coefficient (Wildman–Crippen LogP) is 0.551. The molecule has 7 atom stereocenters. The molecule has 0 aromatic rings. The van der Waals surface area contributed by atoms with Crippen molar-refractivity contribution in [2.75, 3.05) is 0 Å². The van der Waals surface area contributed by atoms with E-state index >= 15 is 0 Å². The fourth-order valence-electron chi connectivity index (χ4n) is 2.01. The second-order valence-corrected chi connectivity index (χ2v) is 7.57. The first-order chi connectivity index (χ1) is 9.39. The van der Waals surface area contributed by atoms with Gasteiger partial charge in [-0.2, -0.15) is 16.8 Å². The first kappa shape index (κ1) is 16.8. The van der Waals surface area contributed by atoms with Gasteiger partial charge < -0.3 is 0 Å². The summed E-state index contributed by atoms with van der Waals surface area (Å²) in [5.74, 6) is 0. The molecule has 1 spiro atoms. The second-order valence-electron chi connectivity index (χ2n) is 4.32. The van der Waals surface area contributed by atoms with Gasteiger partial charge in [0.2, 0.25) is 12.7 Å². The lowest BCUT2D eigenvalue weighted by Gasteiger charge is -2.47. The maximum atomic E-state index is 13.8. The molecule has 6 nitrogen and oxygen atoms in total. The number of rotatable bonds is 0. The zero-order valence-corrected chi connectivity index (χ0v) is 11.1. The van der Waals surface area contributed by atoms with Gasteiger partial charge in [0.25, 0.3) is 11.0 Å². The van der Waals surface area contributed by atoms with E-state index in [-0.39, 0.29) is 0 Å². The van der Waals surface area contributed by atoms with E-state index in [1.54, 1.807) is 0 Å². The molecule has 0 N–H and O–H groups in total. The summed E-state index contributed by atoms with van der Waals surface area (Å²) < 4.78 is 132. The van der Waals surface area contributed by atoms with Crippen LogP contribution in [0.5, 0.6) is 0 Å². The van der Waals surface area contributed by atoms with Crippen LogP contribution in [0, 0.1) is 5.41 Å². The van der Waals surface area contributed by atoms with Crippen molar-refractivity contribution in [2.45, 2.75) is 36.1 Å². The van der Waals surface area contributed by atoms with E-state index in [9.17, 15) is 43.2 Å². The first-order valence-electron chi connectivity index (χ1n) is 5.07. The standard InChI is InChI=1S/C7H6F6O6S2/c8-1-3(10)20(14,15)18-5(12)7(1)2(9)4(11)21(16,17)19-6(7)13/h1-6H/t1?,2?,3?,4?,5-,6?,7?/m1/s1. The Morgan fingerprint density at radius 2 is 0.952 bits per heavy atom. The van der Waals surface area contributed by atoms with E-state index in [1.807, 2.05) is 0 Å². The van der Waals surface area contributed by atoms with Crippen LogP contribution >= 0.6 is 0 Å². The molecule has 2 heterocycles. The van der Waals surface area contributed by atoms with Crippen LogP contribution in [0.25, 0.3) is 0 Å². The SMILES string of the molecule is O=S1(=O)OC(F)C2(C(F)C1F)C(F)C(F)S(=O)(=O)O[C@H]2F. The van der Waals surface area contributed by atoms with Crippen molar-refractivity contribution in [3.8, 4) is 0 Å². The maximum absolute atomic E-state index is 13.8. The smallest absolute Gasteiger partial charge is 0.242 e. The molecule has 2 fully saturated rings. The molecule has 0 aromatic heterocycles. The van der Waals surface area contributed by atoms with E-state index in [2.05, 4.69) is 8.37 Å². The van der Waals surface area contributed by atoms with Gasteiger partial charge in [-0.05, 0) is 0 Å². The van der Waals surface area contributed by atoms with E-state index in [4.69, 9.17) is 0 Å². The highest BCUT2D eigenvalue weighted by Crippen LogP contribution is 2.54. The van der Waals surface area contributed by atoms with Crippen molar-refractivity contribution in [3.05, 3.63) is 0 Å². The van der Waals surface area contributed by atoms with E-state index in [0.29, 0.717) is 0 Å². The largest absolute Gasteiger partial charge is 0.305 e. The molecule has 0 bridgehead atoms. The van der Waals surface area contributed by atoms with Crippen molar-refractivity contribution < 1.29 is 51.5 Å². The summed E-state index contributed by atoms with van der Waals surface area (Å²) in [4.78, 5) is 0. The third kappa shape index (κ3) is 2.06. The van der Waals surface area contributed by atoms with Crippen LogP contribution in [0.15, 0.2) is 0 Å². The van der Waals surface area contributed by atoms with Crippen LogP contribution in [0.4, 0.5) is 26.3 Å². The first-order valence-corrected chi connectivity index (χ1v) is 8.02. The Morgan fingerprint density at radius 3 is 1.24 bits per heavy atom. The molecule has 124 valence electrons. The Hall–Kier alpha value is -0.600. The highest BCUT2D eigenvalue weighted by atomic mass is 32.2. The third-order valence-electron chi connectivity index (χ3n) is 3.19. The second kappa shape index (κ2) is 4.70. The van der Waals surface area contributed by atoms with Gasteiger partial charge in [-0.1, -0.05) is 0 Å². The molecule has 6 unspecified atom stereocenters. The Labute approximate surface area is 114 Å². The van der Waals surface area contributed by atoms with Gasteiger partial charge in [-0.15, -0.1) is 0 Å². The molecule has 0 saturated carbocycles. The Kier molecular flexibility index (Phi) is 3.75. The van der Waals surface area contributed by atoms with Crippen molar-refractivity contribution in [1.82, 2.24) is 0 Å².